The SMILES string of the molecule is CC(=O)OC1C2N=C(C(Cl)(Cl)Cl)O[C@H]2OC2COC(C)(C)O[C@H]21. The van der Waals surface area contributed by atoms with Crippen molar-refractivity contribution in [3.05, 3.63) is 0 Å². The summed E-state index contributed by atoms with van der Waals surface area (Å²) in [6.07, 6.45) is -2.62. The number of carbonyl (C=O) groups is 1. The van der Waals surface area contributed by atoms with Gasteiger partial charge in [0.2, 0.25) is 12.2 Å². The van der Waals surface area contributed by atoms with Crippen molar-refractivity contribution in [3.8, 4) is 0 Å². The first-order valence-electron chi connectivity index (χ1n) is 7.03. The largest absolute Gasteiger partial charge is 0.457 e. The smallest absolute Gasteiger partial charge is 0.303 e. The van der Waals surface area contributed by atoms with E-state index in [1.165, 1.54) is 6.92 Å². The number of hydrogen-bond acceptors (Lipinski definition) is 7. The number of aliphatic imine (C=N–C) groups is 1. The molecule has 130 valence electrons. The van der Waals surface area contributed by atoms with Gasteiger partial charge in [-0.15, -0.1) is 0 Å². The summed E-state index contributed by atoms with van der Waals surface area (Å²) >= 11 is 17.4. The van der Waals surface area contributed by atoms with E-state index in [1.807, 2.05) is 0 Å². The lowest BCUT2D eigenvalue weighted by atomic mass is 9.96. The maximum absolute atomic E-state index is 11.5. The van der Waals surface area contributed by atoms with E-state index < -0.39 is 46.2 Å². The van der Waals surface area contributed by atoms with Gasteiger partial charge in [-0.05, 0) is 13.8 Å². The van der Waals surface area contributed by atoms with Crippen molar-refractivity contribution in [1.82, 2.24) is 0 Å². The van der Waals surface area contributed by atoms with E-state index in [0.29, 0.717) is 0 Å². The summed E-state index contributed by atoms with van der Waals surface area (Å²) in [5, 5.41) is 0. The van der Waals surface area contributed by atoms with Crippen molar-refractivity contribution in [2.24, 2.45) is 4.99 Å². The Bertz CT molecular complexity index is 534. The van der Waals surface area contributed by atoms with Gasteiger partial charge in [-0.3, -0.25) is 4.79 Å². The maximum Gasteiger partial charge on any atom is 0.303 e. The molecule has 0 saturated carbocycles. The first-order valence-corrected chi connectivity index (χ1v) is 8.16. The number of rotatable bonds is 1. The first-order chi connectivity index (χ1) is 10.6. The Labute approximate surface area is 148 Å². The van der Waals surface area contributed by atoms with Crippen LogP contribution in [0.5, 0.6) is 0 Å². The number of fused-ring (bicyclic) bond motifs is 2. The third kappa shape index (κ3) is 3.55. The zero-order valence-electron chi connectivity index (χ0n) is 12.6. The van der Waals surface area contributed by atoms with E-state index in [9.17, 15) is 4.79 Å². The highest BCUT2D eigenvalue weighted by molar-refractivity contribution is 6.76. The molecule has 0 aliphatic carbocycles. The van der Waals surface area contributed by atoms with Crippen molar-refractivity contribution in [1.29, 1.82) is 0 Å². The summed E-state index contributed by atoms with van der Waals surface area (Å²) in [6.45, 7) is 5.09. The number of hydrogen-bond donors (Lipinski definition) is 0. The molecule has 0 N–H and O–H groups in total. The zero-order valence-corrected chi connectivity index (χ0v) is 14.9. The fourth-order valence-electron chi connectivity index (χ4n) is 2.79. The molecule has 0 bridgehead atoms. The molecule has 3 aliphatic rings. The van der Waals surface area contributed by atoms with Crippen LogP contribution in [0, 0.1) is 0 Å². The molecular weight excluding hydrogens is 373 g/mol. The quantitative estimate of drug-likeness (QED) is 0.505. The standard InChI is InChI=1S/C13H16Cl3NO6/c1-5(18)20-9-7-10(22-11(17-7)13(14,15)16)21-6-4-19-12(2,3)23-8(6)9/h6-10H,4H2,1-3H3/t6?,7?,8-,9?,10-/m1/s1. The van der Waals surface area contributed by atoms with Gasteiger partial charge < -0.3 is 23.7 Å². The molecule has 2 fully saturated rings. The van der Waals surface area contributed by atoms with Crippen LogP contribution < -0.4 is 0 Å². The van der Waals surface area contributed by atoms with Crippen molar-refractivity contribution in [2.75, 3.05) is 6.61 Å². The Hall–Kier alpha value is -0.310. The Kier molecular flexibility index (Phi) is 4.49. The number of ether oxygens (including phenoxy) is 5. The van der Waals surface area contributed by atoms with E-state index in [1.54, 1.807) is 13.8 Å². The highest BCUT2D eigenvalue weighted by Gasteiger charge is 2.57. The zero-order chi connectivity index (χ0) is 17.0. The van der Waals surface area contributed by atoms with Crippen LogP contribution in [0.25, 0.3) is 0 Å². The second-order valence-corrected chi connectivity index (χ2v) is 8.23. The van der Waals surface area contributed by atoms with E-state index in [-0.39, 0.29) is 12.5 Å². The van der Waals surface area contributed by atoms with Gasteiger partial charge in [0.05, 0.1) is 6.61 Å². The van der Waals surface area contributed by atoms with Gasteiger partial charge in [0.15, 0.2) is 17.9 Å². The fraction of sp³-hybridized carbons (Fsp3) is 0.846. The summed E-state index contributed by atoms with van der Waals surface area (Å²) in [5.74, 6) is -1.41. The molecule has 0 aromatic rings. The van der Waals surface area contributed by atoms with Gasteiger partial charge in [-0.25, -0.2) is 4.99 Å². The normalized spacial score (nSPS) is 38.9. The maximum atomic E-state index is 11.5. The van der Waals surface area contributed by atoms with Crippen LogP contribution in [0.4, 0.5) is 0 Å². The number of alkyl halides is 3. The highest BCUT2D eigenvalue weighted by atomic mass is 35.6. The molecule has 0 amide bonds. The third-order valence-electron chi connectivity index (χ3n) is 3.67. The third-order valence-corrected chi connectivity index (χ3v) is 4.15. The molecule has 10 heteroatoms. The highest BCUT2D eigenvalue weighted by Crippen LogP contribution is 2.40. The predicted octanol–water partition coefficient (Wildman–Crippen LogP) is 1.96. The lowest BCUT2D eigenvalue weighted by molar-refractivity contribution is -0.358. The minimum Gasteiger partial charge on any atom is -0.457 e. The summed E-state index contributed by atoms with van der Waals surface area (Å²) in [7, 11) is 0. The number of carbonyl (C=O) groups excluding carboxylic acids is 1. The Morgan fingerprint density at radius 1 is 1.39 bits per heavy atom. The van der Waals surface area contributed by atoms with Crippen molar-refractivity contribution in [2.45, 2.75) is 61.0 Å². The molecule has 3 heterocycles. The minimum absolute atomic E-state index is 0.103. The Morgan fingerprint density at radius 3 is 2.70 bits per heavy atom. The molecular formula is C13H16Cl3NO6. The van der Waals surface area contributed by atoms with E-state index in [0.717, 1.165) is 0 Å². The summed E-state index contributed by atoms with van der Waals surface area (Å²) in [5.41, 5.74) is 0. The number of nitrogens with zero attached hydrogens (tertiary/aromatic N) is 1. The number of esters is 1. The van der Waals surface area contributed by atoms with Crippen LogP contribution in [0.1, 0.15) is 20.8 Å². The van der Waals surface area contributed by atoms with Gasteiger partial charge in [-0.1, -0.05) is 34.8 Å². The van der Waals surface area contributed by atoms with Gasteiger partial charge in [0.25, 0.3) is 3.79 Å². The first kappa shape index (κ1) is 17.5. The number of halogens is 3. The van der Waals surface area contributed by atoms with Crippen molar-refractivity contribution in [3.63, 3.8) is 0 Å². The lowest BCUT2D eigenvalue weighted by Gasteiger charge is -2.48. The molecule has 5 atom stereocenters. The van der Waals surface area contributed by atoms with Crippen molar-refractivity contribution >= 4 is 46.7 Å². The summed E-state index contributed by atoms with van der Waals surface area (Å²) in [6, 6.07) is -0.681. The fourth-order valence-corrected chi connectivity index (χ4v) is 3.07. The predicted molar refractivity (Wildman–Crippen MR) is 81.7 cm³/mol. The minimum atomic E-state index is -1.83. The van der Waals surface area contributed by atoms with Gasteiger partial charge in [0, 0.05) is 6.92 Å². The van der Waals surface area contributed by atoms with Crippen LogP contribution in [0.2, 0.25) is 0 Å². The van der Waals surface area contributed by atoms with E-state index in [2.05, 4.69) is 4.99 Å². The molecule has 0 radical (unpaired) electrons. The summed E-state index contributed by atoms with van der Waals surface area (Å²) in [4.78, 5) is 15.7. The second kappa shape index (κ2) is 5.89. The molecule has 3 rings (SSSR count). The second-order valence-electron chi connectivity index (χ2n) is 5.95. The van der Waals surface area contributed by atoms with Crippen molar-refractivity contribution < 1.29 is 28.5 Å². The molecule has 3 unspecified atom stereocenters. The molecule has 0 aromatic carbocycles. The van der Waals surface area contributed by atoms with Crippen LogP contribution in [-0.4, -0.2) is 58.7 Å². The van der Waals surface area contributed by atoms with Crippen LogP contribution in [0.3, 0.4) is 0 Å². The Balaban J connectivity index is 1.90. The van der Waals surface area contributed by atoms with Crippen LogP contribution in [-0.2, 0) is 28.5 Å². The van der Waals surface area contributed by atoms with E-state index in [4.69, 9.17) is 58.5 Å². The van der Waals surface area contributed by atoms with Crippen LogP contribution >= 0.6 is 34.8 Å². The van der Waals surface area contributed by atoms with E-state index >= 15 is 0 Å². The lowest BCUT2D eigenvalue weighted by Crippen LogP contribution is -2.64. The molecule has 2 saturated heterocycles. The molecule has 7 nitrogen and oxygen atoms in total. The average Bonchev–Trinajstić information content (AvgIpc) is 2.82. The van der Waals surface area contributed by atoms with Gasteiger partial charge in [0.1, 0.15) is 12.2 Å². The summed E-state index contributed by atoms with van der Waals surface area (Å²) < 4.78 is 26.3. The average molecular weight is 389 g/mol. The molecule has 0 aromatic heterocycles. The van der Waals surface area contributed by atoms with Gasteiger partial charge >= 0.3 is 5.97 Å². The molecule has 23 heavy (non-hydrogen) atoms. The molecule has 0 spiro atoms. The molecule has 3 aliphatic heterocycles. The topological polar surface area (TPSA) is 75.6 Å². The Morgan fingerprint density at radius 2 is 2.09 bits per heavy atom. The van der Waals surface area contributed by atoms with Gasteiger partial charge in [-0.2, -0.15) is 0 Å². The monoisotopic (exact) mass is 387 g/mol. The van der Waals surface area contributed by atoms with Crippen LogP contribution in [0.15, 0.2) is 4.99 Å².